The summed E-state index contributed by atoms with van der Waals surface area (Å²) in [5.41, 5.74) is 2.34. The number of anilines is 2. The molecule has 0 saturated carbocycles. The van der Waals surface area contributed by atoms with Crippen molar-refractivity contribution in [1.29, 1.82) is 0 Å². The van der Waals surface area contributed by atoms with Gasteiger partial charge in [0.15, 0.2) is 5.13 Å². The number of carbonyl (C=O) groups is 1. The minimum atomic E-state index is -3.75. The highest BCUT2D eigenvalue weighted by atomic mass is 35.5. The van der Waals surface area contributed by atoms with Gasteiger partial charge in [0.2, 0.25) is 0 Å². The second kappa shape index (κ2) is 13.0. The third kappa shape index (κ3) is 7.20. The largest absolute Gasteiger partial charge is 0.494 e. The summed E-state index contributed by atoms with van der Waals surface area (Å²) in [5.74, 6) is 0.337. The van der Waals surface area contributed by atoms with Gasteiger partial charge in [0.25, 0.3) is 15.9 Å². The number of fused-ring (bicyclic) bond motifs is 1. The Morgan fingerprint density at radius 1 is 1.03 bits per heavy atom. The molecule has 0 atom stereocenters. The zero-order valence-corrected chi connectivity index (χ0v) is 25.2. The van der Waals surface area contributed by atoms with Gasteiger partial charge in [0.05, 0.1) is 21.7 Å². The number of amides is 1. The Balaban J connectivity index is 0.00000420. The molecule has 208 valence electrons. The van der Waals surface area contributed by atoms with Crippen LogP contribution in [0, 0.1) is 6.92 Å². The maximum absolute atomic E-state index is 13.7. The molecule has 0 aliphatic carbocycles. The van der Waals surface area contributed by atoms with Gasteiger partial charge in [-0.2, -0.15) is 0 Å². The van der Waals surface area contributed by atoms with Crippen molar-refractivity contribution in [2.24, 2.45) is 0 Å². The Kier molecular flexibility index (Phi) is 10.2. The van der Waals surface area contributed by atoms with Crippen LogP contribution in [-0.4, -0.2) is 58.5 Å². The Bertz CT molecular complexity index is 1540. The lowest BCUT2D eigenvalue weighted by molar-refractivity contribution is 0.0986. The molecule has 4 rings (SSSR count). The van der Waals surface area contributed by atoms with Gasteiger partial charge in [0.1, 0.15) is 11.3 Å². The van der Waals surface area contributed by atoms with E-state index < -0.39 is 10.0 Å². The van der Waals surface area contributed by atoms with Gasteiger partial charge in [-0.3, -0.25) is 14.4 Å². The van der Waals surface area contributed by atoms with Gasteiger partial charge in [-0.1, -0.05) is 40.6 Å². The van der Waals surface area contributed by atoms with E-state index in [0.717, 1.165) is 23.2 Å². The smallest absolute Gasteiger partial charge is 0.261 e. The first kappa shape index (κ1) is 30.6. The van der Waals surface area contributed by atoms with Crippen molar-refractivity contribution in [1.82, 2.24) is 9.88 Å². The summed E-state index contributed by atoms with van der Waals surface area (Å²) in [6.45, 7) is 3.12. The minimum Gasteiger partial charge on any atom is -0.494 e. The molecule has 0 spiro atoms. The van der Waals surface area contributed by atoms with Crippen molar-refractivity contribution in [3.8, 4) is 5.75 Å². The maximum Gasteiger partial charge on any atom is 0.261 e. The lowest BCUT2D eigenvalue weighted by atomic mass is 10.2. The minimum absolute atomic E-state index is 0. The fraction of sp³-hybridized carbons (Fsp3) is 0.259. The SMILES string of the molecule is COc1ccc(Cl)c2sc(N(CCCN(C)C)C(=O)c3ccc(NS(=O)(=O)c4ccc(C)cc4)cc3)nc12.Cl. The molecule has 0 fully saturated rings. The van der Waals surface area contributed by atoms with Crippen molar-refractivity contribution < 1.29 is 17.9 Å². The molecule has 12 heteroatoms. The van der Waals surface area contributed by atoms with Gasteiger partial charge in [0, 0.05) is 17.8 Å². The number of rotatable bonds is 10. The normalized spacial score (nSPS) is 11.3. The Hall–Kier alpha value is -2.89. The van der Waals surface area contributed by atoms with Crippen LogP contribution in [0.15, 0.2) is 65.6 Å². The molecule has 1 heterocycles. The van der Waals surface area contributed by atoms with Crippen LogP contribution in [0.25, 0.3) is 10.2 Å². The maximum atomic E-state index is 13.7. The molecule has 0 unspecified atom stereocenters. The van der Waals surface area contributed by atoms with Crippen molar-refractivity contribution in [3.05, 3.63) is 76.8 Å². The lowest BCUT2D eigenvalue weighted by Crippen LogP contribution is -2.33. The van der Waals surface area contributed by atoms with E-state index >= 15 is 0 Å². The van der Waals surface area contributed by atoms with E-state index in [4.69, 9.17) is 21.3 Å². The second-order valence-electron chi connectivity index (χ2n) is 9.03. The molecular formula is C27H30Cl2N4O4S2. The third-order valence-electron chi connectivity index (χ3n) is 5.85. The quantitative estimate of drug-likeness (QED) is 0.234. The van der Waals surface area contributed by atoms with Gasteiger partial charge < -0.3 is 9.64 Å². The first-order chi connectivity index (χ1) is 18.1. The molecule has 39 heavy (non-hydrogen) atoms. The van der Waals surface area contributed by atoms with Crippen LogP contribution < -0.4 is 14.4 Å². The van der Waals surface area contributed by atoms with Crippen molar-refractivity contribution in [2.75, 3.05) is 43.9 Å². The topological polar surface area (TPSA) is 91.8 Å². The Morgan fingerprint density at radius 3 is 2.31 bits per heavy atom. The van der Waals surface area contributed by atoms with Crippen LogP contribution >= 0.6 is 35.3 Å². The van der Waals surface area contributed by atoms with E-state index in [1.54, 1.807) is 72.7 Å². The van der Waals surface area contributed by atoms with Crippen LogP contribution in [0.1, 0.15) is 22.3 Å². The van der Waals surface area contributed by atoms with Crippen LogP contribution in [-0.2, 0) is 10.0 Å². The van der Waals surface area contributed by atoms with Crippen LogP contribution in [0.2, 0.25) is 5.02 Å². The zero-order valence-electron chi connectivity index (χ0n) is 22.0. The first-order valence-electron chi connectivity index (χ1n) is 11.9. The predicted molar refractivity (Wildman–Crippen MR) is 162 cm³/mol. The molecule has 0 aliphatic rings. The number of halogens is 2. The van der Waals surface area contributed by atoms with E-state index in [-0.39, 0.29) is 23.2 Å². The summed E-state index contributed by atoms with van der Waals surface area (Å²) in [5, 5.41) is 1.05. The third-order valence-corrected chi connectivity index (χ3v) is 8.78. The molecule has 1 aromatic heterocycles. The van der Waals surface area contributed by atoms with Gasteiger partial charge in [-0.25, -0.2) is 13.4 Å². The molecular weight excluding hydrogens is 579 g/mol. The summed E-state index contributed by atoms with van der Waals surface area (Å²) >= 11 is 7.75. The Labute approximate surface area is 244 Å². The molecule has 3 aromatic carbocycles. The first-order valence-corrected chi connectivity index (χ1v) is 14.6. The van der Waals surface area contributed by atoms with E-state index in [1.807, 2.05) is 21.0 Å². The number of sulfonamides is 1. The average molecular weight is 610 g/mol. The standard InChI is InChI=1S/C27H29ClN4O4S2.ClH/c1-18-6-12-21(13-7-18)38(34,35)30-20-10-8-19(9-11-20)26(33)32(17-5-16-31(2)3)27-29-24-23(36-4)15-14-22(28)25(24)37-27;/h6-15,30H,5,16-17H2,1-4H3;1H. The highest BCUT2D eigenvalue weighted by Crippen LogP contribution is 2.39. The van der Waals surface area contributed by atoms with E-state index in [0.29, 0.717) is 39.2 Å². The summed E-state index contributed by atoms with van der Waals surface area (Å²) < 4.78 is 34.2. The van der Waals surface area contributed by atoms with Gasteiger partial charge in [-0.05, 0) is 82.5 Å². The molecule has 0 radical (unpaired) electrons. The summed E-state index contributed by atoms with van der Waals surface area (Å²) in [7, 11) is 1.77. The number of carbonyl (C=O) groups excluding carboxylic acids is 1. The summed E-state index contributed by atoms with van der Waals surface area (Å²) in [6, 6.07) is 16.5. The number of hydrogen-bond donors (Lipinski definition) is 1. The fourth-order valence-corrected chi connectivity index (χ4v) is 6.16. The number of aryl methyl sites for hydroxylation is 1. The molecule has 1 N–H and O–H groups in total. The summed E-state index contributed by atoms with van der Waals surface area (Å²) in [4.78, 5) is 22.2. The highest BCUT2D eigenvalue weighted by molar-refractivity contribution is 7.92. The zero-order chi connectivity index (χ0) is 27.4. The van der Waals surface area contributed by atoms with Gasteiger partial charge in [-0.15, -0.1) is 12.4 Å². The highest BCUT2D eigenvalue weighted by Gasteiger charge is 2.23. The molecule has 0 bridgehead atoms. The molecule has 0 aliphatic heterocycles. The monoisotopic (exact) mass is 608 g/mol. The van der Waals surface area contributed by atoms with E-state index in [2.05, 4.69) is 9.62 Å². The number of ether oxygens (including phenoxy) is 1. The number of aromatic nitrogens is 1. The Morgan fingerprint density at radius 2 is 1.69 bits per heavy atom. The second-order valence-corrected chi connectivity index (χ2v) is 12.1. The van der Waals surface area contributed by atoms with Gasteiger partial charge >= 0.3 is 0 Å². The number of benzene rings is 3. The van der Waals surface area contributed by atoms with Crippen molar-refractivity contribution in [2.45, 2.75) is 18.2 Å². The molecule has 4 aromatic rings. The van der Waals surface area contributed by atoms with E-state index in [9.17, 15) is 13.2 Å². The number of nitrogens with one attached hydrogen (secondary N) is 1. The number of thiazole rings is 1. The molecule has 8 nitrogen and oxygen atoms in total. The lowest BCUT2D eigenvalue weighted by Gasteiger charge is -2.21. The predicted octanol–water partition coefficient (Wildman–Crippen LogP) is 6.09. The molecule has 1 amide bonds. The molecule has 0 saturated heterocycles. The number of hydrogen-bond acceptors (Lipinski definition) is 7. The van der Waals surface area contributed by atoms with E-state index in [1.165, 1.54) is 11.3 Å². The van der Waals surface area contributed by atoms with Crippen LogP contribution in [0.4, 0.5) is 10.8 Å². The van der Waals surface area contributed by atoms with Crippen LogP contribution in [0.5, 0.6) is 5.75 Å². The summed E-state index contributed by atoms with van der Waals surface area (Å²) in [6.07, 6.45) is 0.730. The number of methoxy groups -OCH3 is 1. The van der Waals surface area contributed by atoms with Crippen LogP contribution in [0.3, 0.4) is 0 Å². The fourth-order valence-electron chi connectivity index (χ4n) is 3.82. The van der Waals surface area contributed by atoms with Crippen molar-refractivity contribution >= 4 is 72.3 Å². The average Bonchev–Trinajstić information content (AvgIpc) is 3.33. The number of nitrogens with zero attached hydrogens (tertiary/aromatic N) is 3. The van der Waals surface area contributed by atoms with Crippen molar-refractivity contribution in [3.63, 3.8) is 0 Å².